The summed E-state index contributed by atoms with van der Waals surface area (Å²) < 4.78 is 5.57. The van der Waals surface area contributed by atoms with Crippen LogP contribution in [0.5, 0.6) is 0 Å². The van der Waals surface area contributed by atoms with Gasteiger partial charge < -0.3 is 20.4 Å². The second-order valence-electron chi connectivity index (χ2n) is 16.8. The van der Waals surface area contributed by atoms with Crippen molar-refractivity contribution in [3.05, 3.63) is 69.8 Å². The van der Waals surface area contributed by atoms with E-state index in [4.69, 9.17) is 4.74 Å². The third-order valence-electron chi connectivity index (χ3n) is 14.7. The molecule has 6 aliphatic carbocycles. The third-order valence-corrected chi connectivity index (χ3v) is 14.7. The number of hydrogen-bond acceptors (Lipinski definition) is 5. The first-order chi connectivity index (χ1) is 22.4. The van der Waals surface area contributed by atoms with Crippen molar-refractivity contribution in [1.82, 2.24) is 0 Å². The summed E-state index contributed by atoms with van der Waals surface area (Å²) >= 11 is 0. The Kier molecular flexibility index (Phi) is 7.30. The van der Waals surface area contributed by atoms with Crippen molar-refractivity contribution < 1.29 is 34.8 Å². The van der Waals surface area contributed by atoms with Crippen molar-refractivity contribution in [3.63, 3.8) is 0 Å². The van der Waals surface area contributed by atoms with Gasteiger partial charge in [0.1, 0.15) is 0 Å². The summed E-state index contributed by atoms with van der Waals surface area (Å²) in [6.45, 7) is 4.90. The van der Waals surface area contributed by atoms with Gasteiger partial charge in [-0.3, -0.25) is 4.74 Å². The maximum Gasteiger partial charge on any atom is 0.369 e. The van der Waals surface area contributed by atoms with E-state index in [2.05, 4.69) is 13.8 Å². The van der Waals surface area contributed by atoms with Crippen LogP contribution in [0.4, 0.5) is 0 Å². The summed E-state index contributed by atoms with van der Waals surface area (Å²) in [7, 11) is 0. The topological polar surface area (TPSA) is 124 Å². The molecule has 2 aromatic rings. The Bertz CT molecular complexity index is 1500. The summed E-state index contributed by atoms with van der Waals surface area (Å²) in [4.78, 5) is 25.5. The fraction of sp³-hybridized carbons (Fsp3) is 0.650. The Morgan fingerprint density at radius 2 is 1.09 bits per heavy atom. The fourth-order valence-electron chi connectivity index (χ4n) is 12.2. The minimum atomic E-state index is -3.08. The molecule has 0 aromatic heterocycles. The van der Waals surface area contributed by atoms with Crippen LogP contribution in [0.1, 0.15) is 136 Å². The second-order valence-corrected chi connectivity index (χ2v) is 16.8. The van der Waals surface area contributed by atoms with E-state index in [0.29, 0.717) is 46.3 Å². The number of aliphatic hydroxyl groups is 2. The van der Waals surface area contributed by atoms with E-state index in [1.54, 1.807) is 24.3 Å². The molecule has 7 nitrogen and oxygen atoms in total. The van der Waals surface area contributed by atoms with Crippen LogP contribution < -0.4 is 0 Å². The average molecular weight is 643 g/mol. The van der Waals surface area contributed by atoms with Gasteiger partial charge in [-0.1, -0.05) is 51.0 Å². The first-order valence-electron chi connectivity index (χ1n) is 18.2. The van der Waals surface area contributed by atoms with Crippen molar-refractivity contribution in [2.24, 2.45) is 34.5 Å². The van der Waals surface area contributed by atoms with Gasteiger partial charge in [0.05, 0.1) is 0 Å². The molecule has 6 aliphatic rings. The molecular formula is C40H50O7. The molecule has 4 N–H and O–H groups in total. The van der Waals surface area contributed by atoms with Crippen molar-refractivity contribution in [2.45, 2.75) is 127 Å². The molecule has 0 saturated heterocycles. The number of benzene rings is 2. The molecule has 7 heteroatoms. The van der Waals surface area contributed by atoms with Gasteiger partial charge >= 0.3 is 11.9 Å². The summed E-state index contributed by atoms with van der Waals surface area (Å²) in [5.41, 5.74) is 5.04. The van der Waals surface area contributed by atoms with Crippen molar-refractivity contribution >= 4 is 11.9 Å². The van der Waals surface area contributed by atoms with Crippen LogP contribution in [-0.4, -0.2) is 32.4 Å². The average Bonchev–Trinajstić information content (AvgIpc) is 3.66. The van der Waals surface area contributed by atoms with E-state index in [0.717, 1.165) is 49.7 Å². The zero-order valence-electron chi connectivity index (χ0n) is 27.8. The van der Waals surface area contributed by atoms with Gasteiger partial charge in [0.2, 0.25) is 0 Å². The number of fused-ring (bicyclic) bond motifs is 10. The minimum Gasteiger partial charge on any atom is -0.477 e. The number of aliphatic carboxylic acids is 2. The van der Waals surface area contributed by atoms with Crippen molar-refractivity contribution in [1.29, 1.82) is 0 Å². The highest BCUT2D eigenvalue weighted by Gasteiger charge is 2.55. The number of carbonyl (C=O) groups is 2. The summed E-state index contributed by atoms with van der Waals surface area (Å²) in [6, 6.07) is 10.2. The van der Waals surface area contributed by atoms with Gasteiger partial charge in [0.25, 0.3) is 11.6 Å². The van der Waals surface area contributed by atoms with E-state index < -0.39 is 23.5 Å². The number of aryl methyl sites for hydroxylation is 2. The SMILES string of the molecule is C[C@@]12CCC[C@H]1[C@@H]1CCc3cc(C(O)(OC(O)(C(=O)O)c4ccc5c(c4)CC[C@@H]4[C@@H]5CC[C@]5(C)CCC[C@@H]45)C(=O)O)ccc3[C@H]1CC2. The largest absolute Gasteiger partial charge is 0.477 e. The van der Waals surface area contributed by atoms with Gasteiger partial charge in [0, 0.05) is 11.1 Å². The molecule has 2 unspecified atom stereocenters. The maximum atomic E-state index is 12.7. The van der Waals surface area contributed by atoms with Crippen molar-refractivity contribution in [2.75, 3.05) is 0 Å². The van der Waals surface area contributed by atoms with E-state index in [1.807, 2.05) is 12.1 Å². The smallest absolute Gasteiger partial charge is 0.369 e. The van der Waals surface area contributed by atoms with Gasteiger partial charge in [-0.2, -0.15) is 0 Å². The molecule has 8 rings (SSSR count). The Balaban J connectivity index is 1.09. The Hall–Kier alpha value is -2.74. The molecular weight excluding hydrogens is 592 g/mol. The number of rotatable bonds is 6. The zero-order valence-corrected chi connectivity index (χ0v) is 27.8. The Morgan fingerprint density at radius 3 is 1.49 bits per heavy atom. The molecule has 252 valence electrons. The predicted molar refractivity (Wildman–Crippen MR) is 176 cm³/mol. The summed E-state index contributed by atoms with van der Waals surface area (Å²) in [6.07, 6.45) is 15.9. The van der Waals surface area contributed by atoms with Crippen LogP contribution in [0, 0.1) is 34.5 Å². The molecule has 10 atom stereocenters. The highest BCUT2D eigenvalue weighted by molar-refractivity contribution is 5.81. The molecule has 0 aliphatic heterocycles. The molecule has 0 spiro atoms. The van der Waals surface area contributed by atoms with E-state index >= 15 is 0 Å². The molecule has 0 bridgehead atoms. The van der Waals surface area contributed by atoms with Crippen molar-refractivity contribution in [3.8, 4) is 0 Å². The van der Waals surface area contributed by atoms with Gasteiger partial charge in [-0.05, 0) is 158 Å². The first kappa shape index (κ1) is 31.5. The molecule has 0 radical (unpaired) electrons. The second kappa shape index (κ2) is 10.9. The van der Waals surface area contributed by atoms with Gasteiger partial charge in [-0.25, -0.2) is 9.59 Å². The lowest BCUT2D eigenvalue weighted by atomic mass is 9.56. The number of hydrogen-bond donors (Lipinski definition) is 4. The quantitative estimate of drug-likeness (QED) is 0.243. The van der Waals surface area contributed by atoms with Crippen LogP contribution in [0.3, 0.4) is 0 Å². The van der Waals surface area contributed by atoms with Crippen LogP contribution in [0.25, 0.3) is 0 Å². The van der Waals surface area contributed by atoms with Crippen LogP contribution in [0.15, 0.2) is 36.4 Å². The lowest BCUT2D eigenvalue weighted by Gasteiger charge is -2.49. The standard InChI is InChI=1S/C40H50O7/c1-37-17-3-5-33(37)31-11-7-23-21-25(9-13-27(23)29(31)15-19-37)39(45,35(41)42)47-40(46,36(43)44)26-10-14-28-24(22-26)8-12-32-30(28)16-20-38(2)18-4-6-34(32)38/h9-10,13-14,21-22,29-34,45-46H,3-8,11-12,15-20H2,1-2H3,(H,41,42)(H,43,44)/t29-,30-,31-,32-,33+,34+,37+,38+,39?,40?/m1/s1. The Labute approximate surface area is 277 Å². The molecule has 47 heavy (non-hydrogen) atoms. The van der Waals surface area contributed by atoms with Crippen LogP contribution >= 0.6 is 0 Å². The first-order valence-corrected chi connectivity index (χ1v) is 18.2. The lowest BCUT2D eigenvalue weighted by Crippen LogP contribution is -2.50. The molecule has 4 fully saturated rings. The number of ether oxygens (including phenoxy) is 1. The van der Waals surface area contributed by atoms with E-state index in [1.165, 1.54) is 62.5 Å². The van der Waals surface area contributed by atoms with Gasteiger partial charge in [0.15, 0.2) is 0 Å². The van der Waals surface area contributed by atoms with Crippen LogP contribution in [0.2, 0.25) is 0 Å². The summed E-state index contributed by atoms with van der Waals surface area (Å²) in [5.74, 6) is -6.25. The normalized spacial score (nSPS) is 38.0. The van der Waals surface area contributed by atoms with Gasteiger partial charge in [-0.15, -0.1) is 0 Å². The Morgan fingerprint density at radius 1 is 0.660 bits per heavy atom. The number of carboxylic acids is 2. The van der Waals surface area contributed by atoms with E-state index in [9.17, 15) is 30.0 Å². The van der Waals surface area contributed by atoms with Crippen LogP contribution in [-0.2, 0) is 38.7 Å². The lowest BCUT2D eigenvalue weighted by molar-refractivity contribution is -0.330. The molecule has 2 aromatic carbocycles. The molecule has 0 amide bonds. The predicted octanol–water partition coefficient (Wildman–Crippen LogP) is 7.36. The number of carboxylic acid groups (broad SMARTS) is 2. The monoisotopic (exact) mass is 642 g/mol. The summed E-state index contributed by atoms with van der Waals surface area (Å²) in [5, 5.41) is 44.0. The molecule has 4 saturated carbocycles. The highest BCUT2D eigenvalue weighted by Crippen LogP contribution is 2.62. The van der Waals surface area contributed by atoms with E-state index in [-0.39, 0.29) is 11.1 Å². The molecule has 0 heterocycles. The highest BCUT2D eigenvalue weighted by atomic mass is 16.7. The third kappa shape index (κ3) is 4.69. The maximum absolute atomic E-state index is 12.7. The zero-order chi connectivity index (χ0) is 32.9. The fourth-order valence-corrected chi connectivity index (χ4v) is 12.2. The minimum absolute atomic E-state index is 0.0778.